The first-order chi connectivity index (χ1) is 33.2. The molecule has 0 bridgehead atoms. The van der Waals surface area contributed by atoms with Crippen molar-refractivity contribution in [2.45, 2.75) is 0 Å². The fourth-order valence-electron chi connectivity index (χ4n) is 7.30. The minimum Gasteiger partial charge on any atom is -0.309 e. The summed E-state index contributed by atoms with van der Waals surface area (Å²) in [5.74, 6) is 0. The molecular formula is C48H31N3. The van der Waals surface area contributed by atoms with Crippen LogP contribution in [0.1, 0.15) is 26.0 Å². The topological polar surface area (TPSA) is 14.8 Å². The fraction of sp³-hybridized carbons (Fsp3) is 0. The van der Waals surface area contributed by atoms with Gasteiger partial charge in [-0.1, -0.05) is 115 Å². The fourth-order valence-corrected chi connectivity index (χ4v) is 7.30. The third kappa shape index (κ3) is 4.00. The molecule has 0 aliphatic carbocycles. The van der Waals surface area contributed by atoms with Crippen LogP contribution in [0.15, 0.2) is 188 Å². The number of para-hydroxylation sites is 6. The van der Waals surface area contributed by atoms with Crippen LogP contribution in [-0.4, -0.2) is 13.7 Å². The molecule has 238 valence electrons. The predicted octanol–water partition coefficient (Wildman–Crippen LogP) is 12.6. The molecule has 0 atom stereocenters. The molecule has 51 heavy (non-hydrogen) atoms. The minimum absolute atomic E-state index is 0.148. The summed E-state index contributed by atoms with van der Waals surface area (Å²) in [7, 11) is 0. The normalized spacial score (nSPS) is 17.1. The molecule has 3 aromatic heterocycles. The van der Waals surface area contributed by atoms with E-state index < -0.39 is 143 Å². The maximum Gasteiger partial charge on any atom is 0.0646 e. The van der Waals surface area contributed by atoms with Gasteiger partial charge in [-0.05, 0) is 78.2 Å². The van der Waals surface area contributed by atoms with Crippen LogP contribution in [-0.2, 0) is 0 Å². The van der Waals surface area contributed by atoms with Crippen LogP contribution in [0.4, 0.5) is 0 Å². The standard InChI is InChI=1S/C48H31N3/c1-3-15-33(16-4-1)49-41-24-12-8-20-36(41)39-31-32(27-28-44(39)49)35-19-7-11-23-40(35)51-43-26-14-10-22-38(43)48-46(51)30-29-45-47(48)37-21-9-13-25-42(37)50(45)34-17-5-2-6-18-34/h1-31H/i2D,5D,6D,7D,9D,10D,11D,13D,14D,17D,18D,19D,21D,22D,23D,25D,26D,29D,30D. The van der Waals surface area contributed by atoms with Gasteiger partial charge in [0.15, 0.2) is 0 Å². The van der Waals surface area contributed by atoms with Gasteiger partial charge in [0, 0.05) is 49.3 Å². The first-order valence-corrected chi connectivity index (χ1v) is 16.0. The smallest absolute Gasteiger partial charge is 0.0646 e. The van der Waals surface area contributed by atoms with Crippen molar-refractivity contribution in [3.05, 3.63) is 188 Å². The van der Waals surface area contributed by atoms with Crippen molar-refractivity contribution < 1.29 is 26.0 Å². The van der Waals surface area contributed by atoms with Crippen molar-refractivity contribution in [2.75, 3.05) is 0 Å². The van der Waals surface area contributed by atoms with E-state index in [1.807, 2.05) is 59.2 Å². The van der Waals surface area contributed by atoms with Crippen molar-refractivity contribution in [3.8, 4) is 28.2 Å². The largest absolute Gasteiger partial charge is 0.309 e. The average Bonchev–Trinajstić information content (AvgIpc) is 4.01. The Kier molecular flexibility index (Phi) is 3.26. The zero-order valence-corrected chi connectivity index (χ0v) is 26.3. The Balaban J connectivity index is 1.40. The van der Waals surface area contributed by atoms with Crippen LogP contribution < -0.4 is 0 Å². The minimum atomic E-state index is -0.818. The summed E-state index contributed by atoms with van der Waals surface area (Å²) in [4.78, 5) is 0. The monoisotopic (exact) mass is 668 g/mol. The van der Waals surface area contributed by atoms with Gasteiger partial charge in [-0.2, -0.15) is 0 Å². The summed E-state index contributed by atoms with van der Waals surface area (Å²) < 4.78 is 177. The van der Waals surface area contributed by atoms with Gasteiger partial charge in [0.05, 0.1) is 64.8 Å². The summed E-state index contributed by atoms with van der Waals surface area (Å²) in [6.07, 6.45) is 0. The molecule has 11 aromatic rings. The molecule has 0 spiro atoms. The Morgan fingerprint density at radius 1 is 0.353 bits per heavy atom. The highest BCUT2D eigenvalue weighted by Gasteiger charge is 2.22. The Morgan fingerprint density at radius 3 is 1.73 bits per heavy atom. The first kappa shape index (κ1) is 15.4. The molecule has 8 aromatic carbocycles. The van der Waals surface area contributed by atoms with Crippen LogP contribution in [0, 0.1) is 0 Å². The highest BCUT2D eigenvalue weighted by Crippen LogP contribution is 2.44. The van der Waals surface area contributed by atoms with E-state index in [1.165, 1.54) is 0 Å². The zero-order valence-electron chi connectivity index (χ0n) is 45.3. The number of hydrogen-bond acceptors (Lipinski definition) is 0. The van der Waals surface area contributed by atoms with E-state index in [1.54, 1.807) is 18.2 Å². The second-order valence-corrected chi connectivity index (χ2v) is 11.9. The van der Waals surface area contributed by atoms with E-state index in [0.717, 1.165) is 31.2 Å². The summed E-state index contributed by atoms with van der Waals surface area (Å²) >= 11 is 0. The molecule has 0 aliphatic rings. The van der Waals surface area contributed by atoms with Crippen molar-refractivity contribution >= 4 is 65.4 Å². The van der Waals surface area contributed by atoms with E-state index in [-0.39, 0.29) is 38.4 Å². The molecule has 0 aliphatic heterocycles. The van der Waals surface area contributed by atoms with Crippen LogP contribution in [0.5, 0.6) is 0 Å². The highest BCUT2D eigenvalue weighted by molar-refractivity contribution is 6.29. The summed E-state index contributed by atoms with van der Waals surface area (Å²) in [6, 6.07) is 8.15. The van der Waals surface area contributed by atoms with Gasteiger partial charge in [-0.3, -0.25) is 0 Å². The van der Waals surface area contributed by atoms with Gasteiger partial charge < -0.3 is 13.7 Å². The van der Waals surface area contributed by atoms with Gasteiger partial charge in [-0.25, -0.2) is 0 Å². The van der Waals surface area contributed by atoms with E-state index in [9.17, 15) is 11.0 Å². The van der Waals surface area contributed by atoms with Crippen LogP contribution in [0.3, 0.4) is 0 Å². The lowest BCUT2D eigenvalue weighted by Crippen LogP contribution is -1.97. The van der Waals surface area contributed by atoms with Gasteiger partial charge in [-0.15, -0.1) is 0 Å². The Bertz CT molecular complexity index is 4200. The summed E-state index contributed by atoms with van der Waals surface area (Å²) in [6.45, 7) is 0. The maximum atomic E-state index is 9.87. The average molecular weight is 669 g/mol. The van der Waals surface area contributed by atoms with E-state index in [2.05, 4.69) is 0 Å². The number of hydrogen-bond donors (Lipinski definition) is 0. The molecule has 0 N–H and O–H groups in total. The molecule has 0 saturated carbocycles. The molecule has 3 heteroatoms. The first-order valence-electron chi connectivity index (χ1n) is 25.5. The number of benzene rings is 8. The van der Waals surface area contributed by atoms with Gasteiger partial charge in [0.1, 0.15) is 0 Å². The highest BCUT2D eigenvalue weighted by atomic mass is 15.0. The quantitative estimate of drug-likeness (QED) is 0.177. The third-order valence-corrected chi connectivity index (χ3v) is 9.33. The molecule has 0 fully saturated rings. The van der Waals surface area contributed by atoms with E-state index in [4.69, 9.17) is 15.1 Å². The van der Waals surface area contributed by atoms with Gasteiger partial charge in [0.25, 0.3) is 0 Å². The van der Waals surface area contributed by atoms with Crippen molar-refractivity contribution in [1.29, 1.82) is 0 Å². The molecule has 0 saturated heterocycles. The van der Waals surface area contributed by atoms with Crippen LogP contribution >= 0.6 is 0 Å². The van der Waals surface area contributed by atoms with Crippen molar-refractivity contribution in [2.24, 2.45) is 0 Å². The number of fused-ring (bicyclic) bond motifs is 10. The Labute approximate surface area is 321 Å². The molecule has 0 unspecified atom stereocenters. The summed E-state index contributed by atoms with van der Waals surface area (Å²) in [5, 5.41) is 0.145. The number of nitrogens with zero attached hydrogens (tertiary/aromatic N) is 3. The number of rotatable bonds is 4. The predicted molar refractivity (Wildman–Crippen MR) is 215 cm³/mol. The number of aromatic nitrogens is 3. The van der Waals surface area contributed by atoms with Crippen LogP contribution in [0.2, 0.25) is 0 Å². The lowest BCUT2D eigenvalue weighted by molar-refractivity contribution is 1.17. The van der Waals surface area contributed by atoms with E-state index >= 15 is 0 Å². The molecule has 0 radical (unpaired) electrons. The Hall–Kier alpha value is -6.84. The van der Waals surface area contributed by atoms with Crippen LogP contribution in [0.25, 0.3) is 93.6 Å². The molecule has 0 amide bonds. The van der Waals surface area contributed by atoms with Gasteiger partial charge in [0.2, 0.25) is 0 Å². The molecule has 3 heterocycles. The maximum absolute atomic E-state index is 9.87. The SMILES string of the molecule is [2H]c1c([2H])c([2H])c(-n2c3c([2H])c([2H])c([2H])c([2H])c3c3c4c5c([2H])c([2H])c([2H])c([2H])c5n(-c5c([2H])c([2H])c([2H])c([2H])c5-c5ccc6c(c5)c5ccccc5n6-c5ccccc5)c4c([2H])c([2H])c32)c([2H])c1[2H]. The van der Waals surface area contributed by atoms with E-state index in [0.29, 0.717) is 5.39 Å². The molecule has 3 nitrogen and oxygen atoms in total. The molecule has 11 rings (SSSR count). The van der Waals surface area contributed by atoms with Crippen molar-refractivity contribution in [1.82, 2.24) is 13.7 Å². The summed E-state index contributed by atoms with van der Waals surface area (Å²) in [5.41, 5.74) is -0.201. The van der Waals surface area contributed by atoms with Gasteiger partial charge >= 0.3 is 0 Å². The lowest BCUT2D eigenvalue weighted by atomic mass is 10.0. The zero-order chi connectivity index (χ0) is 50.0. The van der Waals surface area contributed by atoms with Crippen molar-refractivity contribution in [3.63, 3.8) is 0 Å². The second-order valence-electron chi connectivity index (χ2n) is 11.9. The second kappa shape index (κ2) is 10.8. The molecular weight excluding hydrogens is 619 g/mol. The lowest BCUT2D eigenvalue weighted by Gasteiger charge is -2.15. The Morgan fingerprint density at radius 2 is 0.941 bits per heavy atom. The third-order valence-electron chi connectivity index (χ3n) is 9.33.